The molecule has 0 spiro atoms. The topological polar surface area (TPSA) is 107 Å². The Hall–Kier alpha value is -3.94. The molecule has 3 N–H and O–H groups in total. The van der Waals surface area contributed by atoms with Crippen LogP contribution in [-0.2, 0) is 16.0 Å². The number of benzene rings is 2. The molecule has 1 saturated heterocycles. The second-order valence-corrected chi connectivity index (χ2v) is 9.88. The number of carbonyl (C=O) groups excluding carboxylic acids is 2. The molecular weight excluding hydrogens is 454 g/mol. The van der Waals surface area contributed by atoms with Crippen molar-refractivity contribution in [2.45, 2.75) is 45.4 Å². The summed E-state index contributed by atoms with van der Waals surface area (Å²) in [7, 11) is 0. The van der Waals surface area contributed by atoms with Gasteiger partial charge in [0.1, 0.15) is 5.82 Å². The summed E-state index contributed by atoms with van der Waals surface area (Å²) in [6, 6.07) is 16.2. The molecule has 1 atom stereocenters. The van der Waals surface area contributed by atoms with Crippen molar-refractivity contribution in [2.24, 2.45) is 5.92 Å². The first-order chi connectivity index (χ1) is 17.4. The number of aromatic nitrogens is 2. The first-order valence-corrected chi connectivity index (χ1v) is 12.5. The van der Waals surface area contributed by atoms with Crippen molar-refractivity contribution in [2.75, 3.05) is 28.6 Å². The Labute approximate surface area is 210 Å². The van der Waals surface area contributed by atoms with Gasteiger partial charge in [0.15, 0.2) is 0 Å². The molecule has 0 radical (unpaired) electrons. The second kappa shape index (κ2) is 9.97. The molecule has 2 aliphatic rings. The molecule has 2 aromatic carbocycles. The number of hydrogen-bond donors (Lipinski definition) is 3. The van der Waals surface area contributed by atoms with Gasteiger partial charge >= 0.3 is 0 Å². The van der Waals surface area contributed by atoms with Gasteiger partial charge in [0, 0.05) is 25.2 Å². The van der Waals surface area contributed by atoms with Crippen LogP contribution in [0.15, 0.2) is 53.3 Å². The van der Waals surface area contributed by atoms with Gasteiger partial charge in [0.25, 0.3) is 5.56 Å². The summed E-state index contributed by atoms with van der Waals surface area (Å²) in [5.41, 5.74) is 3.83. The van der Waals surface area contributed by atoms with E-state index < -0.39 is 5.92 Å². The fraction of sp³-hybridized carbons (Fsp3) is 0.357. The zero-order valence-corrected chi connectivity index (χ0v) is 20.6. The number of fused-ring (bicyclic) bond motifs is 1. The highest BCUT2D eigenvalue weighted by atomic mass is 16.2. The molecule has 2 aliphatic heterocycles. The van der Waals surface area contributed by atoms with E-state index in [1.165, 1.54) is 5.56 Å². The normalized spacial score (nSPS) is 17.9. The number of hydrogen-bond acceptors (Lipinski definition) is 5. The monoisotopic (exact) mass is 485 g/mol. The van der Waals surface area contributed by atoms with Crippen LogP contribution in [0.1, 0.15) is 47.4 Å². The van der Waals surface area contributed by atoms with E-state index in [0.29, 0.717) is 17.6 Å². The third-order valence-electron chi connectivity index (χ3n) is 7.18. The molecule has 0 saturated carbocycles. The molecule has 186 valence electrons. The van der Waals surface area contributed by atoms with Gasteiger partial charge in [-0.25, -0.2) is 0 Å². The minimum absolute atomic E-state index is 0.0985. The van der Waals surface area contributed by atoms with Gasteiger partial charge in [-0.1, -0.05) is 48.0 Å². The highest BCUT2D eigenvalue weighted by Crippen LogP contribution is 2.31. The highest BCUT2D eigenvalue weighted by Gasteiger charge is 2.35. The molecule has 3 heterocycles. The molecule has 36 heavy (non-hydrogen) atoms. The predicted octanol–water partition coefficient (Wildman–Crippen LogP) is 3.91. The van der Waals surface area contributed by atoms with Crippen LogP contribution in [0.25, 0.3) is 0 Å². The quantitative estimate of drug-likeness (QED) is 0.508. The van der Waals surface area contributed by atoms with E-state index in [4.69, 9.17) is 0 Å². The summed E-state index contributed by atoms with van der Waals surface area (Å²) < 4.78 is 0. The fourth-order valence-corrected chi connectivity index (χ4v) is 5.20. The number of rotatable bonds is 5. The first kappa shape index (κ1) is 23.8. The number of amides is 2. The lowest BCUT2D eigenvalue weighted by molar-refractivity contribution is -0.123. The summed E-state index contributed by atoms with van der Waals surface area (Å²) >= 11 is 0. The van der Waals surface area contributed by atoms with E-state index in [1.807, 2.05) is 38.1 Å². The van der Waals surface area contributed by atoms with Crippen molar-refractivity contribution in [1.29, 1.82) is 0 Å². The molecule has 0 unspecified atom stereocenters. The van der Waals surface area contributed by atoms with Crippen molar-refractivity contribution in [3.05, 3.63) is 81.1 Å². The van der Waals surface area contributed by atoms with Crippen LogP contribution < -0.4 is 21.1 Å². The van der Waals surface area contributed by atoms with Crippen molar-refractivity contribution < 1.29 is 9.59 Å². The zero-order valence-electron chi connectivity index (χ0n) is 20.6. The number of aromatic amines is 1. The van der Waals surface area contributed by atoms with Gasteiger partial charge < -0.3 is 15.5 Å². The smallest absolute Gasteiger partial charge is 0.258 e. The number of piperidine rings is 1. The average Bonchev–Trinajstić information content (AvgIpc) is 2.86. The third-order valence-corrected chi connectivity index (χ3v) is 7.18. The molecule has 8 nitrogen and oxygen atoms in total. The molecule has 2 amide bonds. The van der Waals surface area contributed by atoms with Crippen LogP contribution in [0, 0.1) is 19.8 Å². The summed E-state index contributed by atoms with van der Waals surface area (Å²) in [5, 5.41) is 5.60. The Kier molecular flexibility index (Phi) is 6.59. The van der Waals surface area contributed by atoms with Crippen LogP contribution in [0.5, 0.6) is 0 Å². The molecule has 1 aromatic heterocycles. The highest BCUT2D eigenvalue weighted by molar-refractivity contribution is 6.04. The summed E-state index contributed by atoms with van der Waals surface area (Å²) in [5.74, 6) is -0.430. The lowest BCUT2D eigenvalue weighted by Crippen LogP contribution is -2.40. The Balaban J connectivity index is 1.32. The standard InChI is InChI=1S/C28H31N5O3/c1-17-8-9-22(18(2)14-17)29-26(35)21-16-23(34)30-25-24(21)27(36)32-28(31-25)33-12-10-20(11-13-33)15-19-6-4-3-5-7-19/h3-9,14,20-21H,10-13,15-16H2,1-2H3,(H,29,35)(H2,30,31,32,34,36)/t21-/m0/s1. The molecule has 8 heteroatoms. The van der Waals surface area contributed by atoms with E-state index in [-0.39, 0.29) is 35.2 Å². The Bertz CT molecular complexity index is 1340. The van der Waals surface area contributed by atoms with E-state index in [1.54, 1.807) is 0 Å². The molecule has 0 bridgehead atoms. The minimum Gasteiger partial charge on any atom is -0.342 e. The van der Waals surface area contributed by atoms with E-state index in [0.717, 1.165) is 43.5 Å². The van der Waals surface area contributed by atoms with Crippen LogP contribution >= 0.6 is 0 Å². The molecule has 0 aliphatic carbocycles. The molecule has 1 fully saturated rings. The minimum atomic E-state index is -0.906. The van der Waals surface area contributed by atoms with Gasteiger partial charge in [-0.15, -0.1) is 0 Å². The van der Waals surface area contributed by atoms with Crippen molar-refractivity contribution in [3.8, 4) is 0 Å². The number of carbonyl (C=O) groups is 2. The van der Waals surface area contributed by atoms with Crippen LogP contribution in [0.2, 0.25) is 0 Å². The molecule has 5 rings (SSSR count). The van der Waals surface area contributed by atoms with Crippen molar-refractivity contribution in [3.63, 3.8) is 0 Å². The van der Waals surface area contributed by atoms with E-state index in [9.17, 15) is 14.4 Å². The van der Waals surface area contributed by atoms with E-state index in [2.05, 4.69) is 49.8 Å². The average molecular weight is 486 g/mol. The van der Waals surface area contributed by atoms with Crippen LogP contribution in [-0.4, -0.2) is 34.9 Å². The van der Waals surface area contributed by atoms with Crippen molar-refractivity contribution >= 4 is 29.3 Å². The predicted molar refractivity (Wildman–Crippen MR) is 140 cm³/mol. The Morgan fingerprint density at radius 2 is 1.83 bits per heavy atom. The zero-order chi connectivity index (χ0) is 25.2. The van der Waals surface area contributed by atoms with Gasteiger partial charge in [0.2, 0.25) is 17.8 Å². The maximum absolute atomic E-state index is 13.2. The Morgan fingerprint density at radius 1 is 1.08 bits per heavy atom. The fourth-order valence-electron chi connectivity index (χ4n) is 5.20. The third kappa shape index (κ3) is 5.03. The lowest BCUT2D eigenvalue weighted by atomic mass is 9.90. The van der Waals surface area contributed by atoms with Gasteiger partial charge in [-0.2, -0.15) is 4.98 Å². The van der Waals surface area contributed by atoms with Crippen molar-refractivity contribution in [1.82, 2.24) is 9.97 Å². The maximum Gasteiger partial charge on any atom is 0.258 e. The summed E-state index contributed by atoms with van der Waals surface area (Å²) in [6.07, 6.45) is 2.92. The lowest BCUT2D eigenvalue weighted by Gasteiger charge is -2.33. The van der Waals surface area contributed by atoms with E-state index >= 15 is 0 Å². The number of H-pyrrole nitrogens is 1. The molecule has 3 aromatic rings. The van der Waals surface area contributed by atoms with Gasteiger partial charge in [0.05, 0.1) is 11.5 Å². The van der Waals surface area contributed by atoms with Gasteiger partial charge in [-0.05, 0) is 56.2 Å². The van der Waals surface area contributed by atoms with Gasteiger partial charge in [-0.3, -0.25) is 19.4 Å². The summed E-state index contributed by atoms with van der Waals surface area (Å²) in [6.45, 7) is 5.43. The largest absolute Gasteiger partial charge is 0.342 e. The molecular formula is C28H31N5O3. The number of aryl methyl sites for hydroxylation is 2. The van der Waals surface area contributed by atoms with Crippen LogP contribution in [0.4, 0.5) is 17.5 Å². The second-order valence-electron chi connectivity index (χ2n) is 9.88. The SMILES string of the molecule is Cc1ccc(NC(=O)[C@H]2CC(=O)Nc3nc(N4CCC(Cc5ccccc5)CC4)[nH]c(=O)c32)c(C)c1. The summed E-state index contributed by atoms with van der Waals surface area (Å²) in [4.78, 5) is 48.3. The number of anilines is 3. The van der Waals surface area contributed by atoms with Crippen LogP contribution in [0.3, 0.4) is 0 Å². The number of nitrogens with zero attached hydrogens (tertiary/aromatic N) is 2. The Morgan fingerprint density at radius 3 is 2.56 bits per heavy atom. The maximum atomic E-state index is 13.2. The first-order valence-electron chi connectivity index (χ1n) is 12.5. The number of nitrogens with one attached hydrogen (secondary N) is 3.